The van der Waals surface area contributed by atoms with E-state index in [0.717, 1.165) is 24.9 Å². The number of carbonyl (C=O) groups excluding carboxylic acids is 2. The molecule has 124 valence electrons. The minimum absolute atomic E-state index is 0.0430. The Morgan fingerprint density at radius 2 is 2.04 bits per heavy atom. The first-order valence-electron chi connectivity index (χ1n) is 8.04. The van der Waals surface area contributed by atoms with Crippen molar-refractivity contribution in [3.05, 3.63) is 59.9 Å². The van der Waals surface area contributed by atoms with Gasteiger partial charge in [-0.05, 0) is 49.2 Å². The van der Waals surface area contributed by atoms with Gasteiger partial charge in [0.05, 0.1) is 11.6 Å². The molecule has 6 heteroatoms. The molecule has 1 saturated heterocycles. The maximum Gasteiger partial charge on any atom is 0.257 e. The number of hydrogen-bond acceptors (Lipinski definition) is 4. The van der Waals surface area contributed by atoms with E-state index in [-0.39, 0.29) is 17.9 Å². The Balaban J connectivity index is 1.51. The highest BCUT2D eigenvalue weighted by molar-refractivity contribution is 6.04. The molecule has 6 nitrogen and oxygen atoms in total. The molecule has 1 aliphatic heterocycles. The third kappa shape index (κ3) is 4.17. The molecule has 2 heterocycles. The number of rotatable bonds is 5. The molecular weight excluding hydrogens is 304 g/mol. The van der Waals surface area contributed by atoms with E-state index in [2.05, 4.69) is 20.9 Å². The summed E-state index contributed by atoms with van der Waals surface area (Å²) in [7, 11) is 0. The van der Waals surface area contributed by atoms with Crippen molar-refractivity contribution >= 4 is 17.5 Å². The van der Waals surface area contributed by atoms with Crippen molar-refractivity contribution in [2.75, 3.05) is 11.9 Å². The average Bonchev–Trinajstić information content (AvgIpc) is 3.16. The third-order valence-corrected chi connectivity index (χ3v) is 3.98. The molecule has 1 aliphatic rings. The van der Waals surface area contributed by atoms with E-state index in [1.807, 2.05) is 24.3 Å². The van der Waals surface area contributed by atoms with Crippen LogP contribution in [-0.2, 0) is 11.3 Å². The smallest absolute Gasteiger partial charge is 0.257 e. The van der Waals surface area contributed by atoms with Crippen molar-refractivity contribution < 1.29 is 9.59 Å². The number of hydrogen-bond donors (Lipinski definition) is 3. The van der Waals surface area contributed by atoms with E-state index < -0.39 is 0 Å². The summed E-state index contributed by atoms with van der Waals surface area (Å²) in [5.74, 6) is -0.155. The highest BCUT2D eigenvalue weighted by atomic mass is 16.2. The fourth-order valence-electron chi connectivity index (χ4n) is 2.63. The minimum atomic E-state index is -0.198. The van der Waals surface area contributed by atoms with E-state index in [9.17, 15) is 9.59 Å². The predicted octanol–water partition coefficient (Wildman–Crippen LogP) is 1.70. The fraction of sp³-hybridized carbons (Fsp3) is 0.278. The van der Waals surface area contributed by atoms with Crippen molar-refractivity contribution in [3.63, 3.8) is 0 Å². The molecule has 2 aromatic rings. The second kappa shape index (κ2) is 7.70. The van der Waals surface area contributed by atoms with Crippen molar-refractivity contribution in [1.29, 1.82) is 0 Å². The van der Waals surface area contributed by atoms with E-state index in [1.54, 1.807) is 18.3 Å². The zero-order valence-electron chi connectivity index (χ0n) is 13.3. The summed E-state index contributed by atoms with van der Waals surface area (Å²) in [6, 6.07) is 10.8. The second-order valence-corrected chi connectivity index (χ2v) is 5.76. The Morgan fingerprint density at radius 1 is 1.21 bits per heavy atom. The summed E-state index contributed by atoms with van der Waals surface area (Å²) in [5, 5.41) is 8.92. The largest absolute Gasteiger partial charge is 0.351 e. The highest BCUT2D eigenvalue weighted by Gasteiger charge is 2.21. The van der Waals surface area contributed by atoms with Gasteiger partial charge in [-0.15, -0.1) is 0 Å². The van der Waals surface area contributed by atoms with Crippen molar-refractivity contribution in [2.24, 2.45) is 0 Å². The van der Waals surface area contributed by atoms with Crippen LogP contribution in [0.3, 0.4) is 0 Å². The van der Waals surface area contributed by atoms with Crippen LogP contribution < -0.4 is 16.0 Å². The molecule has 0 radical (unpaired) electrons. The highest BCUT2D eigenvalue weighted by Crippen LogP contribution is 2.11. The number of nitrogens with zero attached hydrogens (tertiary/aromatic N) is 1. The van der Waals surface area contributed by atoms with E-state index in [4.69, 9.17) is 0 Å². The van der Waals surface area contributed by atoms with Crippen LogP contribution in [0.5, 0.6) is 0 Å². The zero-order chi connectivity index (χ0) is 16.8. The van der Waals surface area contributed by atoms with E-state index in [1.165, 1.54) is 6.20 Å². The number of anilines is 1. The maximum atomic E-state index is 12.0. The van der Waals surface area contributed by atoms with Gasteiger partial charge < -0.3 is 16.0 Å². The third-order valence-electron chi connectivity index (χ3n) is 3.98. The van der Waals surface area contributed by atoms with Gasteiger partial charge in [-0.25, -0.2) is 0 Å². The van der Waals surface area contributed by atoms with Gasteiger partial charge in [0.25, 0.3) is 5.91 Å². The fourth-order valence-corrected chi connectivity index (χ4v) is 2.63. The second-order valence-electron chi connectivity index (χ2n) is 5.76. The molecule has 2 amide bonds. The van der Waals surface area contributed by atoms with Gasteiger partial charge in [0.15, 0.2) is 0 Å². The van der Waals surface area contributed by atoms with E-state index >= 15 is 0 Å². The first kappa shape index (κ1) is 16.1. The molecule has 1 aromatic heterocycles. The van der Waals surface area contributed by atoms with E-state index in [0.29, 0.717) is 17.8 Å². The summed E-state index contributed by atoms with van der Waals surface area (Å²) in [6.45, 7) is 1.39. The van der Waals surface area contributed by atoms with Crippen LogP contribution in [0.4, 0.5) is 5.69 Å². The number of nitrogens with one attached hydrogen (secondary N) is 3. The van der Waals surface area contributed by atoms with Gasteiger partial charge >= 0.3 is 0 Å². The summed E-state index contributed by atoms with van der Waals surface area (Å²) in [5.41, 5.74) is 2.20. The molecular formula is C18H20N4O2. The van der Waals surface area contributed by atoms with Gasteiger partial charge in [0, 0.05) is 24.6 Å². The predicted molar refractivity (Wildman–Crippen MR) is 91.5 cm³/mol. The monoisotopic (exact) mass is 324 g/mol. The van der Waals surface area contributed by atoms with Gasteiger partial charge in [0.1, 0.15) is 0 Å². The lowest BCUT2D eigenvalue weighted by Crippen LogP contribution is -2.39. The van der Waals surface area contributed by atoms with Crippen LogP contribution in [0.2, 0.25) is 0 Å². The summed E-state index contributed by atoms with van der Waals surface area (Å²) in [4.78, 5) is 27.9. The minimum Gasteiger partial charge on any atom is -0.351 e. The molecule has 1 aromatic carbocycles. The van der Waals surface area contributed by atoms with Crippen molar-refractivity contribution in [3.8, 4) is 0 Å². The molecule has 1 unspecified atom stereocenters. The lowest BCUT2D eigenvalue weighted by molar-refractivity contribution is -0.122. The van der Waals surface area contributed by atoms with Crippen LogP contribution in [0.25, 0.3) is 0 Å². The molecule has 24 heavy (non-hydrogen) atoms. The first-order chi connectivity index (χ1) is 11.7. The standard InChI is InChI=1S/C18H20N4O2/c23-17(14-3-1-9-19-12-14)22-15-7-5-13(6-8-15)11-21-18(24)16-4-2-10-20-16/h1,3,5-9,12,16,20H,2,4,10-11H2,(H,21,24)(H,22,23). The molecule has 3 rings (SSSR count). The number of carbonyl (C=O) groups is 2. The number of pyridine rings is 1. The summed E-state index contributed by atoms with van der Waals surface area (Å²) >= 11 is 0. The molecule has 0 spiro atoms. The molecule has 1 fully saturated rings. The molecule has 0 bridgehead atoms. The average molecular weight is 324 g/mol. The van der Waals surface area contributed by atoms with Crippen LogP contribution in [0.1, 0.15) is 28.8 Å². The number of benzene rings is 1. The van der Waals surface area contributed by atoms with Crippen LogP contribution >= 0.6 is 0 Å². The van der Waals surface area contributed by atoms with Crippen LogP contribution in [-0.4, -0.2) is 29.4 Å². The van der Waals surface area contributed by atoms with Crippen LogP contribution in [0.15, 0.2) is 48.8 Å². The van der Waals surface area contributed by atoms with Gasteiger partial charge in [-0.3, -0.25) is 14.6 Å². The van der Waals surface area contributed by atoms with Gasteiger partial charge in [-0.1, -0.05) is 12.1 Å². The Bertz CT molecular complexity index is 695. The Hall–Kier alpha value is -2.73. The quantitative estimate of drug-likeness (QED) is 0.782. The molecule has 3 N–H and O–H groups in total. The van der Waals surface area contributed by atoms with Gasteiger partial charge in [0.2, 0.25) is 5.91 Å². The molecule has 0 aliphatic carbocycles. The maximum absolute atomic E-state index is 12.0. The number of amides is 2. The molecule has 1 atom stereocenters. The topological polar surface area (TPSA) is 83.1 Å². The first-order valence-corrected chi connectivity index (χ1v) is 8.04. The normalized spacial score (nSPS) is 16.6. The Morgan fingerprint density at radius 3 is 2.71 bits per heavy atom. The summed E-state index contributed by atoms with van der Waals surface area (Å²) in [6.07, 6.45) is 5.09. The van der Waals surface area contributed by atoms with Crippen LogP contribution in [0, 0.1) is 0 Å². The Labute approximate surface area is 140 Å². The SMILES string of the molecule is O=C(Nc1ccc(CNC(=O)C2CCCN2)cc1)c1cccnc1. The summed E-state index contributed by atoms with van der Waals surface area (Å²) < 4.78 is 0. The van der Waals surface area contributed by atoms with Crippen molar-refractivity contribution in [1.82, 2.24) is 15.6 Å². The Kier molecular flexibility index (Phi) is 5.18. The lowest BCUT2D eigenvalue weighted by atomic mass is 10.1. The van der Waals surface area contributed by atoms with Gasteiger partial charge in [-0.2, -0.15) is 0 Å². The molecule has 0 saturated carbocycles. The van der Waals surface area contributed by atoms with Crippen molar-refractivity contribution in [2.45, 2.75) is 25.4 Å². The lowest BCUT2D eigenvalue weighted by Gasteiger charge is -2.11. The zero-order valence-corrected chi connectivity index (χ0v) is 13.3. The number of aromatic nitrogens is 1.